The van der Waals surface area contributed by atoms with E-state index in [1.165, 1.54) is 0 Å². The Kier molecular flexibility index (Phi) is 4.29. The van der Waals surface area contributed by atoms with Gasteiger partial charge in [0.2, 0.25) is 0 Å². The highest BCUT2D eigenvalue weighted by Crippen LogP contribution is 2.18. The summed E-state index contributed by atoms with van der Waals surface area (Å²) in [6.45, 7) is 3.81. The van der Waals surface area contributed by atoms with E-state index in [-0.39, 0.29) is 12.6 Å². The van der Waals surface area contributed by atoms with Crippen LogP contribution in [-0.4, -0.2) is 43.9 Å². The van der Waals surface area contributed by atoms with Crippen LogP contribution in [0.4, 0.5) is 5.95 Å². The van der Waals surface area contributed by atoms with Gasteiger partial charge in [0.15, 0.2) is 0 Å². The van der Waals surface area contributed by atoms with Crippen molar-refractivity contribution in [3.05, 3.63) is 30.3 Å². The molecular formula is C13H17N5O2. The molecule has 0 fully saturated rings. The summed E-state index contributed by atoms with van der Waals surface area (Å²) in [5.74, 6) is -0.471. The first-order valence-corrected chi connectivity index (χ1v) is 6.45. The third kappa shape index (κ3) is 2.93. The van der Waals surface area contributed by atoms with Crippen molar-refractivity contribution in [3.8, 4) is 5.69 Å². The van der Waals surface area contributed by atoms with E-state index in [1.54, 1.807) is 9.58 Å². The minimum atomic E-state index is -0.909. The van der Waals surface area contributed by atoms with E-state index in [2.05, 4.69) is 15.5 Å². The monoisotopic (exact) mass is 275 g/mol. The van der Waals surface area contributed by atoms with E-state index in [9.17, 15) is 4.79 Å². The molecule has 0 bridgehead atoms. The Morgan fingerprint density at radius 1 is 1.40 bits per heavy atom. The van der Waals surface area contributed by atoms with Crippen LogP contribution in [0.15, 0.2) is 30.3 Å². The van der Waals surface area contributed by atoms with E-state index in [4.69, 9.17) is 5.11 Å². The number of aromatic nitrogens is 4. The lowest BCUT2D eigenvalue weighted by atomic mass is 10.2. The summed E-state index contributed by atoms with van der Waals surface area (Å²) < 4.78 is 1.55. The number of para-hydroxylation sites is 1. The van der Waals surface area contributed by atoms with Crippen LogP contribution in [0, 0.1) is 0 Å². The first kappa shape index (κ1) is 14.0. The average Bonchev–Trinajstić information content (AvgIpc) is 2.93. The van der Waals surface area contributed by atoms with Gasteiger partial charge in [-0.15, -0.1) is 0 Å². The number of tetrazole rings is 1. The third-order valence-electron chi connectivity index (χ3n) is 3.14. The van der Waals surface area contributed by atoms with E-state index in [1.807, 2.05) is 44.2 Å². The highest BCUT2D eigenvalue weighted by Gasteiger charge is 2.22. The molecule has 0 aliphatic heterocycles. The van der Waals surface area contributed by atoms with E-state index in [0.717, 1.165) is 12.1 Å². The van der Waals surface area contributed by atoms with Crippen LogP contribution in [0.25, 0.3) is 5.69 Å². The molecule has 0 aliphatic carbocycles. The van der Waals surface area contributed by atoms with Crippen LogP contribution in [0.1, 0.15) is 20.3 Å². The van der Waals surface area contributed by atoms with E-state index in [0.29, 0.717) is 5.95 Å². The predicted molar refractivity (Wildman–Crippen MR) is 73.9 cm³/mol. The molecule has 106 valence electrons. The van der Waals surface area contributed by atoms with Gasteiger partial charge < -0.3 is 10.0 Å². The quantitative estimate of drug-likeness (QED) is 0.856. The van der Waals surface area contributed by atoms with Crippen molar-refractivity contribution in [1.82, 2.24) is 20.2 Å². The molecule has 0 saturated heterocycles. The molecule has 1 N–H and O–H groups in total. The van der Waals surface area contributed by atoms with Crippen molar-refractivity contribution in [1.29, 1.82) is 0 Å². The minimum Gasteiger partial charge on any atom is -0.480 e. The molecular weight excluding hydrogens is 258 g/mol. The van der Waals surface area contributed by atoms with Crippen LogP contribution >= 0.6 is 0 Å². The maximum Gasteiger partial charge on any atom is 0.323 e. The van der Waals surface area contributed by atoms with Crippen LogP contribution in [0.5, 0.6) is 0 Å². The lowest BCUT2D eigenvalue weighted by Crippen LogP contribution is -2.39. The maximum atomic E-state index is 11.1. The van der Waals surface area contributed by atoms with Gasteiger partial charge in [0, 0.05) is 6.04 Å². The van der Waals surface area contributed by atoms with Gasteiger partial charge in [-0.05, 0) is 35.9 Å². The number of anilines is 1. The number of nitrogens with zero attached hydrogens (tertiary/aromatic N) is 5. The molecule has 1 atom stereocenters. The summed E-state index contributed by atoms with van der Waals surface area (Å²) in [7, 11) is 0. The fourth-order valence-corrected chi connectivity index (χ4v) is 1.89. The van der Waals surface area contributed by atoms with Crippen molar-refractivity contribution in [2.75, 3.05) is 11.4 Å². The zero-order chi connectivity index (χ0) is 14.5. The number of rotatable bonds is 6. The molecule has 1 heterocycles. The van der Waals surface area contributed by atoms with Crippen molar-refractivity contribution >= 4 is 11.9 Å². The Balaban J connectivity index is 2.40. The van der Waals surface area contributed by atoms with E-state index >= 15 is 0 Å². The molecule has 0 spiro atoms. The van der Waals surface area contributed by atoms with Gasteiger partial charge in [-0.1, -0.05) is 30.2 Å². The summed E-state index contributed by atoms with van der Waals surface area (Å²) in [6, 6.07) is 9.43. The molecule has 0 saturated carbocycles. The summed E-state index contributed by atoms with van der Waals surface area (Å²) in [4.78, 5) is 12.7. The highest BCUT2D eigenvalue weighted by atomic mass is 16.4. The Bertz CT molecular complexity index is 569. The van der Waals surface area contributed by atoms with Gasteiger partial charge in [0.1, 0.15) is 6.54 Å². The fourth-order valence-electron chi connectivity index (χ4n) is 1.89. The Hall–Kier alpha value is -2.44. The Morgan fingerprint density at radius 2 is 2.10 bits per heavy atom. The molecule has 20 heavy (non-hydrogen) atoms. The molecule has 7 nitrogen and oxygen atoms in total. The first-order chi connectivity index (χ1) is 9.63. The van der Waals surface area contributed by atoms with Gasteiger partial charge in [-0.2, -0.15) is 4.68 Å². The number of carbonyl (C=O) groups is 1. The van der Waals surface area contributed by atoms with Crippen molar-refractivity contribution < 1.29 is 9.90 Å². The smallest absolute Gasteiger partial charge is 0.323 e. The van der Waals surface area contributed by atoms with E-state index < -0.39 is 5.97 Å². The summed E-state index contributed by atoms with van der Waals surface area (Å²) in [6.07, 6.45) is 0.801. The molecule has 1 unspecified atom stereocenters. The van der Waals surface area contributed by atoms with Crippen LogP contribution in [0.2, 0.25) is 0 Å². The second-order valence-corrected chi connectivity index (χ2v) is 4.51. The summed E-state index contributed by atoms with van der Waals surface area (Å²) in [5.41, 5.74) is 0.797. The minimum absolute atomic E-state index is 0.0274. The zero-order valence-electron chi connectivity index (χ0n) is 11.5. The third-order valence-corrected chi connectivity index (χ3v) is 3.14. The van der Waals surface area contributed by atoms with Crippen LogP contribution in [0.3, 0.4) is 0 Å². The number of hydrogen-bond donors (Lipinski definition) is 1. The first-order valence-electron chi connectivity index (χ1n) is 6.45. The van der Waals surface area contributed by atoms with Crippen molar-refractivity contribution in [2.24, 2.45) is 0 Å². The molecule has 1 aromatic heterocycles. The number of carboxylic acids is 1. The lowest BCUT2D eigenvalue weighted by molar-refractivity contribution is -0.135. The van der Waals surface area contributed by atoms with Crippen molar-refractivity contribution in [2.45, 2.75) is 26.3 Å². The maximum absolute atomic E-state index is 11.1. The Morgan fingerprint density at radius 3 is 2.70 bits per heavy atom. The van der Waals surface area contributed by atoms with Gasteiger partial charge in [0.05, 0.1) is 5.69 Å². The number of hydrogen-bond acceptors (Lipinski definition) is 5. The lowest BCUT2D eigenvalue weighted by Gasteiger charge is -2.26. The average molecular weight is 275 g/mol. The largest absolute Gasteiger partial charge is 0.480 e. The SMILES string of the molecule is CCC(C)N(CC(=O)O)c1nnnn1-c1ccccc1. The summed E-state index contributed by atoms with van der Waals surface area (Å²) >= 11 is 0. The molecule has 0 aliphatic rings. The normalized spacial score (nSPS) is 12.1. The molecule has 0 radical (unpaired) electrons. The van der Waals surface area contributed by atoms with Gasteiger partial charge in [-0.25, -0.2) is 0 Å². The second kappa shape index (κ2) is 6.14. The Labute approximate surface area is 116 Å². The standard InChI is InChI=1S/C13H17N5O2/c1-3-10(2)17(9-12(19)20)13-14-15-16-18(13)11-7-5-4-6-8-11/h4-8,10H,3,9H2,1-2H3,(H,19,20). The molecule has 2 rings (SSSR count). The molecule has 2 aromatic rings. The van der Waals surface area contributed by atoms with Crippen LogP contribution in [-0.2, 0) is 4.79 Å². The number of aliphatic carboxylic acids is 1. The van der Waals surface area contributed by atoms with Crippen molar-refractivity contribution in [3.63, 3.8) is 0 Å². The molecule has 1 aromatic carbocycles. The topological polar surface area (TPSA) is 84.1 Å². The predicted octanol–water partition coefficient (Wildman–Crippen LogP) is 1.35. The van der Waals surface area contributed by atoms with Crippen LogP contribution < -0.4 is 4.90 Å². The fraction of sp³-hybridized carbons (Fsp3) is 0.385. The second-order valence-electron chi connectivity index (χ2n) is 4.51. The number of benzene rings is 1. The molecule has 7 heteroatoms. The number of carboxylic acid groups (broad SMARTS) is 1. The van der Waals surface area contributed by atoms with Gasteiger partial charge >= 0.3 is 5.97 Å². The van der Waals surface area contributed by atoms with Gasteiger partial charge in [-0.3, -0.25) is 4.79 Å². The highest BCUT2D eigenvalue weighted by molar-refractivity contribution is 5.73. The summed E-state index contributed by atoms with van der Waals surface area (Å²) in [5, 5.41) is 20.7. The molecule has 0 amide bonds. The zero-order valence-corrected chi connectivity index (χ0v) is 11.5. The van der Waals surface area contributed by atoms with Gasteiger partial charge in [0.25, 0.3) is 5.95 Å².